The number of hydrogen-bond donors (Lipinski definition) is 0. The van der Waals surface area contributed by atoms with Crippen molar-refractivity contribution < 1.29 is 4.57 Å². The molecule has 7 rings (SSSR count). The lowest BCUT2D eigenvalue weighted by atomic mass is 9.78. The van der Waals surface area contributed by atoms with E-state index >= 15 is 0 Å². The van der Waals surface area contributed by atoms with Gasteiger partial charge in [0.05, 0.1) is 5.56 Å². The van der Waals surface area contributed by atoms with Gasteiger partial charge in [0.1, 0.15) is 6.54 Å². The van der Waals surface area contributed by atoms with Crippen LogP contribution in [0.25, 0.3) is 44.8 Å². The van der Waals surface area contributed by atoms with Crippen LogP contribution in [0, 0.1) is 0 Å². The van der Waals surface area contributed by atoms with Crippen LogP contribution in [0.1, 0.15) is 42.0 Å². The largest absolute Gasteiger partial charge is 0.217 e. The fourth-order valence-electron chi connectivity index (χ4n) is 6.66. The molecule has 2 aliphatic carbocycles. The van der Waals surface area contributed by atoms with Crippen LogP contribution < -0.4 is 4.57 Å². The minimum absolute atomic E-state index is 1.03. The molecule has 0 aliphatic heterocycles. The standard InChI is InChI=1S/C37H34N/c1-2-3-22-38-36(28-15-8-5-9-16-28)25-34(26-12-6-4-7-13-26)32-21-20-30-23-29-19-18-27-14-10-11-17-31(27)33(29)24-35(30)37(32)38/h4-17,23-25H,2-3,18-22H2,1H3/q+1. The third-order valence-electron chi connectivity index (χ3n) is 8.54. The molecule has 0 atom stereocenters. The van der Waals surface area contributed by atoms with Gasteiger partial charge in [0.15, 0.2) is 0 Å². The molecule has 1 heterocycles. The molecule has 1 aromatic heterocycles. The Hall–Kier alpha value is -3.97. The number of aromatic nitrogens is 1. The quantitative estimate of drug-likeness (QED) is 0.216. The molecule has 0 N–H and O–H groups in total. The first-order valence-corrected chi connectivity index (χ1v) is 14.3. The Kier molecular flexibility index (Phi) is 5.93. The molecule has 0 radical (unpaired) electrons. The highest BCUT2D eigenvalue weighted by molar-refractivity contribution is 5.85. The molecule has 0 saturated heterocycles. The maximum absolute atomic E-state index is 2.65. The molecule has 0 saturated carbocycles. The van der Waals surface area contributed by atoms with E-state index in [0.717, 1.165) is 32.2 Å². The normalized spacial score (nSPS) is 13.3. The Morgan fingerprint density at radius 2 is 1.21 bits per heavy atom. The number of pyridine rings is 1. The first-order chi connectivity index (χ1) is 18.8. The summed E-state index contributed by atoms with van der Waals surface area (Å²) in [5.74, 6) is 0. The third-order valence-corrected chi connectivity index (χ3v) is 8.54. The Labute approximate surface area is 226 Å². The minimum Gasteiger partial charge on any atom is -0.191 e. The second-order valence-corrected chi connectivity index (χ2v) is 10.8. The van der Waals surface area contributed by atoms with Crippen LogP contribution in [0.4, 0.5) is 0 Å². The summed E-state index contributed by atoms with van der Waals surface area (Å²) in [6, 6.07) is 38.6. The summed E-state index contributed by atoms with van der Waals surface area (Å²) in [6.07, 6.45) is 6.83. The molecule has 1 heteroatoms. The molecule has 5 aromatic rings. The van der Waals surface area contributed by atoms with E-state index in [-0.39, 0.29) is 0 Å². The van der Waals surface area contributed by atoms with E-state index in [0.29, 0.717) is 0 Å². The van der Waals surface area contributed by atoms with E-state index in [2.05, 4.69) is 115 Å². The molecule has 1 nitrogen and oxygen atoms in total. The second-order valence-electron chi connectivity index (χ2n) is 10.8. The topological polar surface area (TPSA) is 3.88 Å². The lowest BCUT2D eigenvalue weighted by Gasteiger charge is -2.27. The fourth-order valence-corrected chi connectivity index (χ4v) is 6.66. The zero-order valence-electron chi connectivity index (χ0n) is 22.2. The van der Waals surface area contributed by atoms with Crippen LogP contribution in [0.3, 0.4) is 0 Å². The van der Waals surface area contributed by atoms with Crippen LogP contribution in [-0.4, -0.2) is 0 Å². The molecule has 0 unspecified atom stereocenters. The Morgan fingerprint density at radius 1 is 0.553 bits per heavy atom. The fraction of sp³-hybridized carbons (Fsp3) is 0.216. The predicted octanol–water partition coefficient (Wildman–Crippen LogP) is 8.64. The van der Waals surface area contributed by atoms with Gasteiger partial charge in [-0.05, 0) is 82.8 Å². The van der Waals surface area contributed by atoms with Crippen molar-refractivity contribution in [2.75, 3.05) is 0 Å². The van der Waals surface area contributed by atoms with Gasteiger partial charge in [0.25, 0.3) is 0 Å². The SMILES string of the molecule is CCCC[n+]1c(-c2ccccc2)cc(-c2ccccc2)c2c1-c1cc3c(cc1CC2)CCc1ccccc1-3. The summed E-state index contributed by atoms with van der Waals surface area (Å²) in [4.78, 5) is 0. The van der Waals surface area contributed by atoms with E-state index in [1.54, 1.807) is 0 Å². The maximum atomic E-state index is 2.65. The van der Waals surface area contributed by atoms with Gasteiger partial charge in [0, 0.05) is 23.6 Å². The van der Waals surface area contributed by atoms with Gasteiger partial charge in [-0.2, -0.15) is 4.57 Å². The van der Waals surface area contributed by atoms with Crippen molar-refractivity contribution in [1.82, 2.24) is 0 Å². The molecule has 0 spiro atoms. The molecule has 0 bridgehead atoms. The van der Waals surface area contributed by atoms with Gasteiger partial charge in [-0.25, -0.2) is 0 Å². The monoisotopic (exact) mass is 492 g/mol. The van der Waals surface area contributed by atoms with Gasteiger partial charge >= 0.3 is 0 Å². The molecule has 186 valence electrons. The lowest BCUT2D eigenvalue weighted by molar-refractivity contribution is -0.676. The van der Waals surface area contributed by atoms with Crippen LogP contribution in [0.15, 0.2) is 103 Å². The molecular formula is C37H34N+. The van der Waals surface area contributed by atoms with E-state index in [1.807, 2.05) is 0 Å². The van der Waals surface area contributed by atoms with Crippen molar-refractivity contribution in [3.8, 4) is 44.8 Å². The van der Waals surface area contributed by atoms with Gasteiger partial charge in [-0.15, -0.1) is 0 Å². The van der Waals surface area contributed by atoms with Crippen molar-refractivity contribution in [2.24, 2.45) is 0 Å². The smallest absolute Gasteiger partial charge is 0.191 e. The molecule has 2 aliphatic rings. The van der Waals surface area contributed by atoms with Crippen LogP contribution in [-0.2, 0) is 32.2 Å². The third kappa shape index (κ3) is 3.89. The highest BCUT2D eigenvalue weighted by Crippen LogP contribution is 2.43. The number of unbranched alkanes of at least 4 members (excludes halogenated alkanes) is 1. The van der Waals surface area contributed by atoms with E-state index in [4.69, 9.17) is 0 Å². The molecule has 0 fully saturated rings. The highest BCUT2D eigenvalue weighted by atomic mass is 15.0. The van der Waals surface area contributed by atoms with Gasteiger partial charge in [-0.3, -0.25) is 0 Å². The van der Waals surface area contributed by atoms with Crippen LogP contribution >= 0.6 is 0 Å². The van der Waals surface area contributed by atoms with Gasteiger partial charge in [0.2, 0.25) is 11.4 Å². The minimum atomic E-state index is 1.03. The van der Waals surface area contributed by atoms with Crippen LogP contribution in [0.5, 0.6) is 0 Å². The van der Waals surface area contributed by atoms with E-state index < -0.39 is 0 Å². The summed E-state index contributed by atoms with van der Waals surface area (Å²) in [6.45, 7) is 3.33. The number of rotatable bonds is 5. The first kappa shape index (κ1) is 23.2. The van der Waals surface area contributed by atoms with E-state index in [9.17, 15) is 0 Å². The summed E-state index contributed by atoms with van der Waals surface area (Å²) < 4.78 is 2.65. The van der Waals surface area contributed by atoms with E-state index in [1.165, 1.54) is 79.9 Å². The molecule has 0 amide bonds. The zero-order valence-corrected chi connectivity index (χ0v) is 22.2. The van der Waals surface area contributed by atoms with Gasteiger partial charge in [-0.1, -0.05) is 92.2 Å². The molecule has 4 aromatic carbocycles. The van der Waals surface area contributed by atoms with Gasteiger partial charge < -0.3 is 0 Å². The van der Waals surface area contributed by atoms with Crippen molar-refractivity contribution >= 4 is 0 Å². The summed E-state index contributed by atoms with van der Waals surface area (Å²) in [5.41, 5.74) is 17.1. The van der Waals surface area contributed by atoms with Crippen LogP contribution in [0.2, 0.25) is 0 Å². The molecule has 38 heavy (non-hydrogen) atoms. The predicted molar refractivity (Wildman–Crippen MR) is 158 cm³/mol. The number of benzene rings is 4. The van der Waals surface area contributed by atoms with Crippen molar-refractivity contribution in [1.29, 1.82) is 0 Å². The second kappa shape index (κ2) is 9.72. The Morgan fingerprint density at radius 3 is 2.00 bits per heavy atom. The van der Waals surface area contributed by atoms with Crippen molar-refractivity contribution in [3.05, 3.63) is 125 Å². The van der Waals surface area contributed by atoms with Crippen molar-refractivity contribution in [3.63, 3.8) is 0 Å². The first-order valence-electron chi connectivity index (χ1n) is 14.3. The number of hydrogen-bond acceptors (Lipinski definition) is 0. The number of nitrogens with zero attached hydrogens (tertiary/aromatic N) is 1. The van der Waals surface area contributed by atoms with Crippen molar-refractivity contribution in [2.45, 2.75) is 52.0 Å². The molecular weight excluding hydrogens is 458 g/mol. The number of aryl methyl sites for hydroxylation is 3. The maximum Gasteiger partial charge on any atom is 0.217 e. The average molecular weight is 493 g/mol. The highest BCUT2D eigenvalue weighted by Gasteiger charge is 2.33. The lowest BCUT2D eigenvalue weighted by Crippen LogP contribution is -2.41. The average Bonchev–Trinajstić information content (AvgIpc) is 2.99. The summed E-state index contributed by atoms with van der Waals surface area (Å²) in [7, 11) is 0. The Bertz CT molecular complexity index is 1630. The summed E-state index contributed by atoms with van der Waals surface area (Å²) >= 11 is 0. The number of fused-ring (bicyclic) bond motifs is 6. The summed E-state index contributed by atoms with van der Waals surface area (Å²) in [5, 5.41) is 0. The zero-order chi connectivity index (χ0) is 25.5. The Balaban J connectivity index is 1.55.